The number of rotatable bonds is 3. The first-order chi connectivity index (χ1) is 13.5. The van der Waals surface area contributed by atoms with Gasteiger partial charge >= 0.3 is 11.9 Å². The Morgan fingerprint density at radius 1 is 1.04 bits per heavy atom. The molecule has 28 heavy (non-hydrogen) atoms. The lowest BCUT2D eigenvalue weighted by Gasteiger charge is -2.38. The highest BCUT2D eigenvalue weighted by Gasteiger charge is 2.41. The van der Waals surface area contributed by atoms with E-state index in [2.05, 4.69) is 17.5 Å². The monoisotopic (exact) mass is 397 g/mol. The molecule has 0 spiro atoms. The van der Waals surface area contributed by atoms with E-state index in [-0.39, 0.29) is 29.8 Å². The Labute approximate surface area is 168 Å². The fourth-order valence-electron chi connectivity index (χ4n) is 4.24. The molecule has 0 bridgehead atoms. The average Bonchev–Trinajstić information content (AvgIpc) is 3.22. The summed E-state index contributed by atoms with van der Waals surface area (Å²) in [5.41, 5.74) is 3.75. The SMILES string of the molecule is COC(=O)c1ccc([C@@H]2Nc3c(Cl)ccc(C(=O)OC)c3[C@H]3C=CC[C@@H]32)cc1. The second kappa shape index (κ2) is 7.32. The van der Waals surface area contributed by atoms with E-state index in [0.717, 1.165) is 23.2 Å². The molecule has 0 aromatic heterocycles. The highest BCUT2D eigenvalue weighted by Crippen LogP contribution is 2.52. The summed E-state index contributed by atoms with van der Waals surface area (Å²) < 4.78 is 9.74. The molecular weight excluding hydrogens is 378 g/mol. The third kappa shape index (κ3) is 2.96. The lowest BCUT2D eigenvalue weighted by atomic mass is 9.75. The molecular formula is C22H20ClNO4. The normalized spacial score (nSPS) is 22.0. The predicted molar refractivity (Wildman–Crippen MR) is 107 cm³/mol. The number of nitrogens with one attached hydrogen (secondary N) is 1. The molecule has 2 aromatic rings. The second-order valence-electron chi connectivity index (χ2n) is 6.96. The van der Waals surface area contributed by atoms with Crippen molar-refractivity contribution in [1.82, 2.24) is 0 Å². The van der Waals surface area contributed by atoms with Crippen molar-refractivity contribution in [3.63, 3.8) is 0 Å². The summed E-state index contributed by atoms with van der Waals surface area (Å²) in [6.07, 6.45) is 5.17. The number of hydrogen-bond donors (Lipinski definition) is 1. The van der Waals surface area contributed by atoms with Gasteiger partial charge in [-0.3, -0.25) is 0 Å². The van der Waals surface area contributed by atoms with E-state index in [1.807, 2.05) is 12.1 Å². The second-order valence-corrected chi connectivity index (χ2v) is 7.37. The molecule has 0 amide bonds. The first-order valence-electron chi connectivity index (χ1n) is 9.07. The largest absolute Gasteiger partial charge is 0.465 e. The van der Waals surface area contributed by atoms with E-state index in [1.54, 1.807) is 24.3 Å². The number of methoxy groups -OCH3 is 2. The minimum atomic E-state index is -0.366. The molecule has 3 atom stereocenters. The topological polar surface area (TPSA) is 64.6 Å². The third-order valence-corrected chi connectivity index (χ3v) is 5.88. The fraction of sp³-hybridized carbons (Fsp3) is 0.273. The van der Waals surface area contributed by atoms with Crippen LogP contribution in [0, 0.1) is 5.92 Å². The Bertz CT molecular complexity index is 967. The number of anilines is 1. The van der Waals surface area contributed by atoms with Crippen LogP contribution in [0.2, 0.25) is 5.02 Å². The van der Waals surface area contributed by atoms with Crippen molar-refractivity contribution in [2.75, 3.05) is 19.5 Å². The Balaban J connectivity index is 1.77. The lowest BCUT2D eigenvalue weighted by molar-refractivity contribution is 0.0591. The van der Waals surface area contributed by atoms with Crippen LogP contribution in [0.5, 0.6) is 0 Å². The Morgan fingerprint density at radius 3 is 2.43 bits per heavy atom. The summed E-state index contributed by atoms with van der Waals surface area (Å²) in [7, 11) is 2.75. The number of fused-ring (bicyclic) bond motifs is 3. The number of hydrogen-bond acceptors (Lipinski definition) is 5. The number of carbonyl (C=O) groups excluding carboxylic acids is 2. The molecule has 1 N–H and O–H groups in total. The van der Waals surface area contributed by atoms with Gasteiger partial charge in [0.25, 0.3) is 0 Å². The van der Waals surface area contributed by atoms with Crippen molar-refractivity contribution in [2.24, 2.45) is 5.92 Å². The van der Waals surface area contributed by atoms with Crippen LogP contribution in [0.3, 0.4) is 0 Å². The zero-order chi connectivity index (χ0) is 19.8. The molecule has 0 fully saturated rings. The number of carbonyl (C=O) groups is 2. The van der Waals surface area contributed by atoms with Gasteiger partial charge in [-0.25, -0.2) is 9.59 Å². The van der Waals surface area contributed by atoms with Crippen molar-refractivity contribution in [2.45, 2.75) is 18.4 Å². The zero-order valence-electron chi connectivity index (χ0n) is 15.6. The summed E-state index contributed by atoms with van der Waals surface area (Å²) in [6.45, 7) is 0. The van der Waals surface area contributed by atoms with Crippen LogP contribution in [0.4, 0.5) is 5.69 Å². The van der Waals surface area contributed by atoms with E-state index in [4.69, 9.17) is 21.1 Å². The Hall–Kier alpha value is -2.79. The number of ether oxygens (including phenoxy) is 2. The van der Waals surface area contributed by atoms with Crippen LogP contribution < -0.4 is 5.32 Å². The first kappa shape index (κ1) is 18.6. The van der Waals surface area contributed by atoms with Crippen molar-refractivity contribution in [1.29, 1.82) is 0 Å². The van der Waals surface area contributed by atoms with E-state index in [0.29, 0.717) is 16.1 Å². The van der Waals surface area contributed by atoms with Gasteiger partial charge in [-0.1, -0.05) is 35.9 Å². The lowest BCUT2D eigenvalue weighted by Crippen LogP contribution is -2.30. The van der Waals surface area contributed by atoms with Crippen molar-refractivity contribution >= 4 is 29.2 Å². The van der Waals surface area contributed by atoms with E-state index >= 15 is 0 Å². The molecule has 2 aromatic carbocycles. The number of benzene rings is 2. The number of allylic oxidation sites excluding steroid dienone is 2. The van der Waals surface area contributed by atoms with Crippen molar-refractivity contribution < 1.29 is 19.1 Å². The highest BCUT2D eigenvalue weighted by atomic mass is 35.5. The zero-order valence-corrected chi connectivity index (χ0v) is 16.3. The highest BCUT2D eigenvalue weighted by molar-refractivity contribution is 6.33. The molecule has 1 aliphatic carbocycles. The molecule has 2 aliphatic rings. The van der Waals surface area contributed by atoms with Crippen LogP contribution >= 0.6 is 11.6 Å². The summed E-state index contributed by atoms with van der Waals surface area (Å²) >= 11 is 6.49. The Kier molecular flexibility index (Phi) is 4.85. The fourth-order valence-corrected chi connectivity index (χ4v) is 4.46. The number of esters is 2. The summed E-state index contributed by atoms with van der Waals surface area (Å²) in [4.78, 5) is 24.0. The van der Waals surface area contributed by atoms with Gasteiger partial charge < -0.3 is 14.8 Å². The van der Waals surface area contributed by atoms with Gasteiger partial charge in [-0.05, 0) is 47.7 Å². The quantitative estimate of drug-likeness (QED) is 0.598. The van der Waals surface area contributed by atoms with Gasteiger partial charge in [0, 0.05) is 5.92 Å². The van der Waals surface area contributed by atoms with Gasteiger partial charge in [-0.2, -0.15) is 0 Å². The van der Waals surface area contributed by atoms with Gasteiger partial charge in [0.15, 0.2) is 0 Å². The molecule has 1 aliphatic heterocycles. The summed E-state index contributed by atoms with van der Waals surface area (Å²) in [6, 6.07) is 10.8. The molecule has 0 unspecified atom stereocenters. The first-order valence-corrected chi connectivity index (χ1v) is 9.45. The molecule has 5 nitrogen and oxygen atoms in total. The van der Waals surface area contributed by atoms with Crippen LogP contribution in [0.15, 0.2) is 48.6 Å². The summed E-state index contributed by atoms with van der Waals surface area (Å²) in [5.74, 6) is -0.429. The molecule has 0 saturated heterocycles. The van der Waals surface area contributed by atoms with Crippen LogP contribution in [0.1, 0.15) is 50.2 Å². The maximum atomic E-state index is 12.3. The average molecular weight is 398 g/mol. The van der Waals surface area contributed by atoms with Crippen LogP contribution in [0.25, 0.3) is 0 Å². The predicted octanol–water partition coefficient (Wildman–Crippen LogP) is 4.74. The minimum Gasteiger partial charge on any atom is -0.465 e. The number of halogens is 1. The molecule has 0 saturated carbocycles. The van der Waals surface area contributed by atoms with E-state index in [1.165, 1.54) is 14.2 Å². The smallest absolute Gasteiger partial charge is 0.338 e. The van der Waals surface area contributed by atoms with Gasteiger partial charge in [0.1, 0.15) is 0 Å². The van der Waals surface area contributed by atoms with Crippen LogP contribution in [-0.4, -0.2) is 26.2 Å². The maximum absolute atomic E-state index is 12.3. The van der Waals surface area contributed by atoms with Gasteiger partial charge in [-0.15, -0.1) is 0 Å². The summed E-state index contributed by atoms with van der Waals surface area (Å²) in [5, 5.41) is 4.11. The molecule has 6 heteroatoms. The van der Waals surface area contributed by atoms with Crippen molar-refractivity contribution in [3.8, 4) is 0 Å². The van der Waals surface area contributed by atoms with E-state index in [9.17, 15) is 9.59 Å². The van der Waals surface area contributed by atoms with Crippen LogP contribution in [-0.2, 0) is 9.47 Å². The molecule has 4 rings (SSSR count). The molecule has 1 heterocycles. The van der Waals surface area contributed by atoms with Crippen molar-refractivity contribution in [3.05, 3.63) is 75.8 Å². The van der Waals surface area contributed by atoms with E-state index < -0.39 is 0 Å². The maximum Gasteiger partial charge on any atom is 0.338 e. The third-order valence-electron chi connectivity index (χ3n) is 5.57. The Morgan fingerprint density at radius 2 is 1.75 bits per heavy atom. The molecule has 0 radical (unpaired) electrons. The standard InChI is InChI=1S/C22H20ClNO4/c1-27-21(25)13-8-6-12(7-9-13)19-15-5-3-4-14(15)18-16(22(26)28-2)10-11-17(23)20(18)24-19/h3-4,6-11,14-15,19,24H,5H2,1-2H3/t14-,15-,19-/m0/s1. The minimum absolute atomic E-state index is 0.00425. The molecule has 144 valence electrons. The van der Waals surface area contributed by atoms with Gasteiger partial charge in [0.2, 0.25) is 0 Å². The van der Waals surface area contributed by atoms with Gasteiger partial charge in [0.05, 0.1) is 42.1 Å².